The van der Waals surface area contributed by atoms with Gasteiger partial charge in [0.1, 0.15) is 11.6 Å². The van der Waals surface area contributed by atoms with Gasteiger partial charge in [-0.2, -0.15) is 0 Å². The average molecular weight is 386 g/mol. The predicted octanol–water partition coefficient (Wildman–Crippen LogP) is 3.12. The topological polar surface area (TPSA) is 78.9 Å². The van der Waals surface area contributed by atoms with Crippen LogP contribution in [0.4, 0.5) is 4.79 Å². The Hall–Kier alpha value is -2.60. The predicted molar refractivity (Wildman–Crippen MR) is 110 cm³/mol. The molecule has 2 N–H and O–H groups in total. The first kappa shape index (κ1) is 21.7. The van der Waals surface area contributed by atoms with Crippen molar-refractivity contribution in [3.05, 3.63) is 48.0 Å². The van der Waals surface area contributed by atoms with E-state index in [2.05, 4.69) is 29.6 Å². The van der Waals surface area contributed by atoms with Crippen molar-refractivity contribution < 1.29 is 19.4 Å². The van der Waals surface area contributed by atoms with E-state index in [-0.39, 0.29) is 13.2 Å². The lowest BCUT2D eigenvalue weighted by Gasteiger charge is -2.26. The van der Waals surface area contributed by atoms with Crippen LogP contribution in [0.3, 0.4) is 0 Å². The van der Waals surface area contributed by atoms with Gasteiger partial charge in [-0.05, 0) is 50.5 Å². The third-order valence-electron chi connectivity index (χ3n) is 4.24. The lowest BCUT2D eigenvalue weighted by Crippen LogP contribution is -2.49. The summed E-state index contributed by atoms with van der Waals surface area (Å²) in [4.78, 5) is 26.1. The Morgan fingerprint density at radius 2 is 1.79 bits per heavy atom. The van der Waals surface area contributed by atoms with Gasteiger partial charge in [-0.1, -0.05) is 42.5 Å². The second-order valence-corrected chi connectivity index (χ2v) is 7.85. The fraction of sp³-hybridized carbons (Fsp3) is 0.455. The molecule has 0 bridgehead atoms. The van der Waals surface area contributed by atoms with Gasteiger partial charge in [0.15, 0.2) is 0 Å². The Bertz CT molecular complexity index is 814. The highest BCUT2D eigenvalue weighted by atomic mass is 16.6. The van der Waals surface area contributed by atoms with E-state index in [4.69, 9.17) is 4.74 Å². The van der Waals surface area contributed by atoms with Gasteiger partial charge in [0.2, 0.25) is 0 Å². The lowest BCUT2D eigenvalue weighted by atomic mass is 10.1. The summed E-state index contributed by atoms with van der Waals surface area (Å²) in [5.74, 6) is -0.487. The van der Waals surface area contributed by atoms with Crippen LogP contribution in [0.1, 0.15) is 33.3 Å². The van der Waals surface area contributed by atoms with Crippen LogP contribution in [0, 0.1) is 0 Å². The smallest absolute Gasteiger partial charge is 0.328 e. The number of urea groups is 1. The average Bonchev–Trinajstić information content (AvgIpc) is 2.63. The minimum atomic E-state index is -0.770. The van der Waals surface area contributed by atoms with Gasteiger partial charge in [0, 0.05) is 13.1 Å². The first-order valence-electron chi connectivity index (χ1n) is 9.56. The van der Waals surface area contributed by atoms with Crippen molar-refractivity contribution in [2.75, 3.05) is 19.7 Å². The van der Waals surface area contributed by atoms with Crippen LogP contribution < -0.4 is 5.32 Å². The molecule has 28 heavy (non-hydrogen) atoms. The largest absolute Gasteiger partial charge is 0.458 e. The number of aliphatic hydroxyl groups excluding tert-OH is 1. The highest BCUT2D eigenvalue weighted by Crippen LogP contribution is 2.16. The molecule has 2 aromatic rings. The number of carbonyl (C=O) groups is 2. The molecule has 2 amide bonds. The number of esters is 1. The number of hydrogen-bond donors (Lipinski definition) is 2. The number of rotatable bonds is 7. The zero-order chi connectivity index (χ0) is 20.7. The van der Waals surface area contributed by atoms with E-state index in [1.807, 2.05) is 18.2 Å². The van der Waals surface area contributed by atoms with E-state index in [0.29, 0.717) is 13.0 Å². The number of ether oxygens (including phenoxy) is 1. The van der Waals surface area contributed by atoms with Gasteiger partial charge in [-0.25, -0.2) is 9.59 Å². The molecule has 0 unspecified atom stereocenters. The number of aliphatic hydroxyl groups is 1. The number of nitrogens with one attached hydrogen (secondary N) is 1. The molecule has 0 aliphatic carbocycles. The Morgan fingerprint density at radius 3 is 2.43 bits per heavy atom. The van der Waals surface area contributed by atoms with Crippen LogP contribution >= 0.6 is 0 Å². The van der Waals surface area contributed by atoms with Gasteiger partial charge in [0.25, 0.3) is 0 Å². The highest BCUT2D eigenvalue weighted by Gasteiger charge is 2.24. The molecular formula is C22H30N2O4. The second kappa shape index (κ2) is 9.55. The van der Waals surface area contributed by atoms with Crippen LogP contribution in [-0.4, -0.2) is 53.3 Å². The zero-order valence-corrected chi connectivity index (χ0v) is 17.1. The lowest BCUT2D eigenvalue weighted by molar-refractivity contribution is -0.156. The Balaban J connectivity index is 1.97. The molecule has 0 aromatic heterocycles. The minimum absolute atomic E-state index is 0.147. The monoisotopic (exact) mass is 386 g/mol. The maximum Gasteiger partial charge on any atom is 0.328 e. The minimum Gasteiger partial charge on any atom is -0.458 e. The van der Waals surface area contributed by atoms with Crippen molar-refractivity contribution in [1.29, 1.82) is 0 Å². The van der Waals surface area contributed by atoms with Crippen molar-refractivity contribution in [2.24, 2.45) is 0 Å². The summed E-state index contributed by atoms with van der Waals surface area (Å²) in [7, 11) is 0. The number of fused-ring (bicyclic) bond motifs is 1. The summed E-state index contributed by atoms with van der Waals surface area (Å²) < 4.78 is 5.29. The zero-order valence-electron chi connectivity index (χ0n) is 17.1. The Labute approximate surface area is 166 Å². The molecule has 1 atom stereocenters. The molecular weight excluding hydrogens is 356 g/mol. The molecule has 2 aromatic carbocycles. The molecule has 0 saturated heterocycles. The molecule has 0 radical (unpaired) electrons. The van der Waals surface area contributed by atoms with Crippen LogP contribution in [0.25, 0.3) is 10.8 Å². The molecule has 0 fully saturated rings. The van der Waals surface area contributed by atoms with E-state index in [1.54, 1.807) is 27.7 Å². The molecule has 0 saturated carbocycles. The molecule has 6 heteroatoms. The van der Waals surface area contributed by atoms with E-state index in [0.717, 1.165) is 10.9 Å². The number of hydrogen-bond acceptors (Lipinski definition) is 4. The molecule has 0 aliphatic rings. The Kier molecular flexibility index (Phi) is 7.40. The molecule has 0 aliphatic heterocycles. The maximum absolute atomic E-state index is 12.5. The van der Waals surface area contributed by atoms with Gasteiger partial charge in [-0.15, -0.1) is 0 Å². The van der Waals surface area contributed by atoms with Gasteiger partial charge in [-0.3, -0.25) is 0 Å². The third kappa shape index (κ3) is 6.53. The fourth-order valence-electron chi connectivity index (χ4n) is 2.82. The van der Waals surface area contributed by atoms with Crippen molar-refractivity contribution in [3.8, 4) is 0 Å². The summed E-state index contributed by atoms with van der Waals surface area (Å²) in [5.41, 5.74) is 0.492. The number of carbonyl (C=O) groups excluding carboxylic acids is 2. The van der Waals surface area contributed by atoms with E-state index in [9.17, 15) is 14.7 Å². The summed E-state index contributed by atoms with van der Waals surface area (Å²) in [6.07, 6.45) is 0.652. The first-order chi connectivity index (χ1) is 13.2. The standard InChI is InChI=1S/C22H30N2O4/c1-16(20(26)28-22(2,3)4)23-21(27)24(13-14-25)12-11-17-9-10-18-7-5-6-8-19(18)15-17/h5-10,15-16,25H,11-14H2,1-4H3,(H,23,27)/t16-/m0/s1. The normalized spacial score (nSPS) is 12.5. The van der Waals surface area contributed by atoms with Crippen LogP contribution in [0.2, 0.25) is 0 Å². The van der Waals surface area contributed by atoms with Crippen LogP contribution in [0.5, 0.6) is 0 Å². The molecule has 152 valence electrons. The van der Waals surface area contributed by atoms with Crippen molar-refractivity contribution in [2.45, 2.75) is 45.8 Å². The highest BCUT2D eigenvalue weighted by molar-refractivity contribution is 5.84. The second-order valence-electron chi connectivity index (χ2n) is 7.85. The van der Waals surface area contributed by atoms with Crippen molar-refractivity contribution >= 4 is 22.8 Å². The van der Waals surface area contributed by atoms with Gasteiger partial charge >= 0.3 is 12.0 Å². The number of nitrogens with zero attached hydrogens (tertiary/aromatic N) is 1. The van der Waals surface area contributed by atoms with Gasteiger partial charge in [0.05, 0.1) is 6.61 Å². The summed E-state index contributed by atoms with van der Waals surface area (Å²) in [6, 6.07) is 13.2. The number of amides is 2. The SMILES string of the molecule is C[C@H](NC(=O)N(CCO)CCc1ccc2ccccc2c1)C(=O)OC(C)(C)C. The molecule has 2 rings (SSSR count). The fourth-order valence-corrected chi connectivity index (χ4v) is 2.82. The van der Waals surface area contributed by atoms with Gasteiger partial charge < -0.3 is 20.1 Å². The van der Waals surface area contributed by atoms with Crippen LogP contribution in [-0.2, 0) is 16.0 Å². The van der Waals surface area contributed by atoms with Crippen molar-refractivity contribution in [1.82, 2.24) is 10.2 Å². The third-order valence-corrected chi connectivity index (χ3v) is 4.24. The Morgan fingerprint density at radius 1 is 1.11 bits per heavy atom. The quantitative estimate of drug-likeness (QED) is 0.717. The first-order valence-corrected chi connectivity index (χ1v) is 9.56. The van der Waals surface area contributed by atoms with E-state index < -0.39 is 23.6 Å². The number of benzene rings is 2. The van der Waals surface area contributed by atoms with E-state index >= 15 is 0 Å². The van der Waals surface area contributed by atoms with Crippen molar-refractivity contribution in [3.63, 3.8) is 0 Å². The summed E-state index contributed by atoms with van der Waals surface area (Å²) in [5, 5.41) is 14.3. The molecule has 0 spiro atoms. The summed E-state index contributed by atoms with van der Waals surface area (Å²) >= 11 is 0. The van der Waals surface area contributed by atoms with Crippen LogP contribution in [0.15, 0.2) is 42.5 Å². The summed E-state index contributed by atoms with van der Waals surface area (Å²) in [6.45, 7) is 7.41. The molecule has 0 heterocycles. The molecule has 6 nitrogen and oxygen atoms in total. The maximum atomic E-state index is 12.5. The van der Waals surface area contributed by atoms with E-state index in [1.165, 1.54) is 10.3 Å².